The van der Waals surface area contributed by atoms with E-state index < -0.39 is 10.0 Å². The van der Waals surface area contributed by atoms with Gasteiger partial charge in [0, 0.05) is 32.1 Å². The molecule has 5 nitrogen and oxygen atoms in total. The highest BCUT2D eigenvalue weighted by Gasteiger charge is 2.31. The molecular weight excluding hydrogens is 336 g/mol. The number of carbonyl (C=O) groups excluding carboxylic acids is 1. The molecule has 1 fully saturated rings. The fraction of sp³-hybridized carbons (Fsp3) is 0.632. The van der Waals surface area contributed by atoms with E-state index >= 15 is 0 Å². The largest absolute Gasteiger partial charge is 0.340 e. The maximum absolute atomic E-state index is 12.9. The fourth-order valence-electron chi connectivity index (χ4n) is 3.87. The highest BCUT2D eigenvalue weighted by molar-refractivity contribution is 7.89. The van der Waals surface area contributed by atoms with E-state index in [0.29, 0.717) is 31.1 Å². The molecule has 1 aliphatic carbocycles. The van der Waals surface area contributed by atoms with Crippen molar-refractivity contribution in [3.63, 3.8) is 0 Å². The number of hydrogen-bond acceptors (Lipinski definition) is 3. The van der Waals surface area contributed by atoms with Gasteiger partial charge in [-0.15, -0.1) is 0 Å². The molecule has 0 aromatic heterocycles. The smallest absolute Gasteiger partial charge is 0.243 e. The Balaban J connectivity index is 1.67. The lowest BCUT2D eigenvalue weighted by Crippen LogP contribution is -2.51. The summed E-state index contributed by atoms with van der Waals surface area (Å²) >= 11 is 0. The Morgan fingerprint density at radius 1 is 1.12 bits per heavy atom. The minimum absolute atomic E-state index is 0.0184. The Bertz CT molecular complexity index is 737. The van der Waals surface area contributed by atoms with Gasteiger partial charge < -0.3 is 4.90 Å². The average molecular weight is 365 g/mol. The van der Waals surface area contributed by atoms with Crippen LogP contribution in [-0.2, 0) is 27.7 Å². The third-order valence-corrected chi connectivity index (χ3v) is 7.30. The summed E-state index contributed by atoms with van der Waals surface area (Å²) in [6.45, 7) is 5.76. The number of carbonyl (C=O) groups is 1. The lowest BCUT2D eigenvalue weighted by molar-refractivity contribution is -0.136. The van der Waals surface area contributed by atoms with Crippen LogP contribution in [0.2, 0.25) is 0 Å². The molecule has 1 heterocycles. The zero-order valence-corrected chi connectivity index (χ0v) is 16.0. The molecule has 0 spiro atoms. The van der Waals surface area contributed by atoms with Gasteiger partial charge in [-0.2, -0.15) is 4.31 Å². The van der Waals surface area contributed by atoms with Crippen LogP contribution < -0.4 is 0 Å². The minimum Gasteiger partial charge on any atom is -0.340 e. The normalized spacial score (nSPS) is 19.7. The maximum atomic E-state index is 12.9. The Morgan fingerprint density at radius 3 is 2.48 bits per heavy atom. The first kappa shape index (κ1) is 18.4. The monoisotopic (exact) mass is 364 g/mol. The molecule has 0 N–H and O–H groups in total. The quantitative estimate of drug-likeness (QED) is 0.806. The van der Waals surface area contributed by atoms with E-state index in [2.05, 4.69) is 6.92 Å². The molecule has 1 atom stereocenters. The van der Waals surface area contributed by atoms with Crippen LogP contribution in [0, 0.1) is 5.92 Å². The van der Waals surface area contributed by atoms with Gasteiger partial charge in [-0.3, -0.25) is 4.79 Å². The molecule has 2 aliphatic rings. The second-order valence-electron chi connectivity index (χ2n) is 7.20. The number of aryl methyl sites for hydroxylation is 2. The zero-order chi connectivity index (χ0) is 18.0. The third kappa shape index (κ3) is 3.75. The van der Waals surface area contributed by atoms with Crippen molar-refractivity contribution in [3.8, 4) is 0 Å². The second-order valence-corrected chi connectivity index (χ2v) is 9.14. The van der Waals surface area contributed by atoms with Crippen molar-refractivity contribution in [2.45, 2.75) is 50.8 Å². The van der Waals surface area contributed by atoms with Gasteiger partial charge in [0.2, 0.25) is 15.9 Å². The standard InChI is InChI=1S/C19H28N2O3S/c1-3-5-15(2)19(22)20-10-12-21(13-11-20)25(23,24)18-9-8-16-6-4-7-17(16)14-18/h8-9,14-15H,3-7,10-13H2,1-2H3/t15-/m0/s1. The van der Waals surface area contributed by atoms with E-state index in [9.17, 15) is 13.2 Å². The van der Waals surface area contributed by atoms with Crippen LogP contribution in [-0.4, -0.2) is 49.7 Å². The summed E-state index contributed by atoms with van der Waals surface area (Å²) in [5, 5.41) is 0. The van der Waals surface area contributed by atoms with Gasteiger partial charge >= 0.3 is 0 Å². The molecule has 1 aliphatic heterocycles. The SMILES string of the molecule is CCC[C@H](C)C(=O)N1CCN(S(=O)(=O)c2ccc3c(c2)CCC3)CC1. The number of rotatable bonds is 5. The first-order valence-electron chi connectivity index (χ1n) is 9.34. The molecule has 6 heteroatoms. The van der Waals surface area contributed by atoms with E-state index in [-0.39, 0.29) is 11.8 Å². The molecule has 138 valence electrons. The number of fused-ring (bicyclic) bond motifs is 1. The Labute approximate surface area is 151 Å². The highest BCUT2D eigenvalue weighted by atomic mass is 32.2. The topological polar surface area (TPSA) is 57.7 Å². The lowest BCUT2D eigenvalue weighted by atomic mass is 10.0. The van der Waals surface area contributed by atoms with E-state index in [1.807, 2.05) is 24.0 Å². The molecular formula is C19H28N2O3S. The molecule has 1 amide bonds. The van der Waals surface area contributed by atoms with Gasteiger partial charge in [-0.1, -0.05) is 26.3 Å². The van der Waals surface area contributed by atoms with Crippen molar-refractivity contribution in [1.29, 1.82) is 0 Å². The number of nitrogens with zero attached hydrogens (tertiary/aromatic N) is 2. The van der Waals surface area contributed by atoms with E-state index in [1.54, 1.807) is 6.07 Å². The molecule has 0 unspecified atom stereocenters. The lowest BCUT2D eigenvalue weighted by Gasteiger charge is -2.35. The first-order chi connectivity index (χ1) is 11.9. The first-order valence-corrected chi connectivity index (χ1v) is 10.8. The molecule has 0 radical (unpaired) electrons. The van der Waals surface area contributed by atoms with Gasteiger partial charge in [0.05, 0.1) is 4.90 Å². The van der Waals surface area contributed by atoms with Gasteiger partial charge in [-0.25, -0.2) is 8.42 Å². The molecule has 0 bridgehead atoms. The summed E-state index contributed by atoms with van der Waals surface area (Å²) in [7, 11) is -3.47. The molecule has 1 saturated heterocycles. The number of hydrogen-bond donors (Lipinski definition) is 0. The van der Waals surface area contributed by atoms with Crippen molar-refractivity contribution in [2.24, 2.45) is 5.92 Å². The summed E-state index contributed by atoms with van der Waals surface area (Å²) in [6.07, 6.45) is 4.99. The Morgan fingerprint density at radius 2 is 1.80 bits per heavy atom. The number of piperazine rings is 1. The van der Waals surface area contributed by atoms with E-state index in [4.69, 9.17) is 0 Å². The van der Waals surface area contributed by atoms with Crippen LogP contribution in [0.5, 0.6) is 0 Å². The van der Waals surface area contributed by atoms with Gasteiger partial charge in [0.1, 0.15) is 0 Å². The number of benzene rings is 1. The number of sulfonamides is 1. The third-order valence-electron chi connectivity index (χ3n) is 5.40. The predicted molar refractivity (Wildman–Crippen MR) is 97.9 cm³/mol. The minimum atomic E-state index is -3.47. The van der Waals surface area contributed by atoms with E-state index in [0.717, 1.165) is 32.1 Å². The fourth-order valence-corrected chi connectivity index (χ4v) is 5.35. The van der Waals surface area contributed by atoms with Crippen molar-refractivity contribution >= 4 is 15.9 Å². The molecule has 1 aromatic carbocycles. The predicted octanol–water partition coefficient (Wildman–Crippen LogP) is 2.44. The summed E-state index contributed by atoms with van der Waals surface area (Å²) in [5.74, 6) is 0.168. The summed E-state index contributed by atoms with van der Waals surface area (Å²) < 4.78 is 27.4. The van der Waals surface area contributed by atoms with Crippen molar-refractivity contribution in [1.82, 2.24) is 9.21 Å². The van der Waals surface area contributed by atoms with Crippen molar-refractivity contribution in [2.75, 3.05) is 26.2 Å². The Hall–Kier alpha value is -1.40. The summed E-state index contributed by atoms with van der Waals surface area (Å²) in [4.78, 5) is 14.6. The van der Waals surface area contributed by atoms with Crippen molar-refractivity contribution in [3.05, 3.63) is 29.3 Å². The molecule has 25 heavy (non-hydrogen) atoms. The van der Waals surface area contributed by atoms with Crippen LogP contribution in [0.4, 0.5) is 0 Å². The zero-order valence-electron chi connectivity index (χ0n) is 15.2. The van der Waals surface area contributed by atoms with Crippen LogP contribution in [0.3, 0.4) is 0 Å². The average Bonchev–Trinajstić information content (AvgIpc) is 3.09. The summed E-state index contributed by atoms with van der Waals surface area (Å²) in [5.41, 5.74) is 2.45. The molecule has 0 saturated carbocycles. The van der Waals surface area contributed by atoms with E-state index in [1.165, 1.54) is 15.4 Å². The maximum Gasteiger partial charge on any atom is 0.243 e. The highest BCUT2D eigenvalue weighted by Crippen LogP contribution is 2.27. The molecule has 3 rings (SSSR count). The van der Waals surface area contributed by atoms with Gasteiger partial charge in [0.15, 0.2) is 0 Å². The van der Waals surface area contributed by atoms with Gasteiger partial charge in [0.25, 0.3) is 0 Å². The second kappa shape index (κ2) is 7.46. The van der Waals surface area contributed by atoms with Crippen LogP contribution in [0.25, 0.3) is 0 Å². The van der Waals surface area contributed by atoms with Crippen LogP contribution in [0.15, 0.2) is 23.1 Å². The van der Waals surface area contributed by atoms with Crippen molar-refractivity contribution < 1.29 is 13.2 Å². The van der Waals surface area contributed by atoms with Gasteiger partial charge in [-0.05, 0) is 48.9 Å². The molecule has 1 aromatic rings. The van der Waals surface area contributed by atoms with Crippen LogP contribution >= 0.6 is 0 Å². The van der Waals surface area contributed by atoms with Crippen LogP contribution in [0.1, 0.15) is 44.2 Å². The number of amides is 1. The Kier molecular flexibility index (Phi) is 5.49. The summed E-state index contributed by atoms with van der Waals surface area (Å²) in [6, 6.07) is 5.54.